The zero-order chi connectivity index (χ0) is 28.0. The van der Waals surface area contributed by atoms with Crippen LogP contribution in [-0.4, -0.2) is 38.2 Å². The molecule has 210 valence electrons. The van der Waals surface area contributed by atoms with Gasteiger partial charge in [-0.05, 0) is 87.8 Å². The summed E-state index contributed by atoms with van der Waals surface area (Å²) in [6, 6.07) is 8.12. The van der Waals surface area contributed by atoms with Crippen LogP contribution >= 0.6 is 0 Å². The van der Waals surface area contributed by atoms with Crippen molar-refractivity contribution >= 4 is 11.6 Å². The Morgan fingerprint density at radius 2 is 1.65 bits per heavy atom. The third-order valence-corrected chi connectivity index (χ3v) is 10.4. The van der Waals surface area contributed by atoms with Gasteiger partial charge >= 0.3 is 0 Å². The predicted molar refractivity (Wildman–Crippen MR) is 149 cm³/mol. The summed E-state index contributed by atoms with van der Waals surface area (Å²) in [4.78, 5) is 29.7. The summed E-state index contributed by atoms with van der Waals surface area (Å²) in [6.07, 6.45) is 10.8. The van der Waals surface area contributed by atoms with E-state index in [2.05, 4.69) is 42.0 Å². The molecule has 1 aromatic carbocycles. The Labute approximate surface area is 235 Å². The highest BCUT2D eigenvalue weighted by molar-refractivity contribution is 6.00. The Bertz CT molecular complexity index is 1430. The van der Waals surface area contributed by atoms with Crippen molar-refractivity contribution in [1.82, 2.24) is 20.1 Å². The molecular formula is C32H38FN5O2. The number of nitrogens with zero attached hydrogens (tertiary/aromatic N) is 5. The highest BCUT2D eigenvalue weighted by Gasteiger charge is 2.73. The Morgan fingerprint density at radius 1 is 1.00 bits per heavy atom. The maximum absolute atomic E-state index is 14.5. The largest absolute Gasteiger partial charge is 0.339 e. The molecule has 0 N–H and O–H groups in total. The van der Waals surface area contributed by atoms with Gasteiger partial charge in [0.1, 0.15) is 11.5 Å². The third kappa shape index (κ3) is 4.00. The van der Waals surface area contributed by atoms with Gasteiger partial charge in [0, 0.05) is 41.0 Å². The number of aromatic nitrogens is 4. The van der Waals surface area contributed by atoms with Crippen molar-refractivity contribution in [3.63, 3.8) is 0 Å². The minimum absolute atomic E-state index is 0.0356. The zero-order valence-electron chi connectivity index (χ0n) is 24.0. The number of carbonyl (C=O) groups excluding carboxylic acids is 1. The molecule has 40 heavy (non-hydrogen) atoms. The number of aryl methyl sites for hydroxylation is 1. The summed E-state index contributed by atoms with van der Waals surface area (Å²) in [5.41, 5.74) is 0.950. The van der Waals surface area contributed by atoms with Crippen LogP contribution in [0.15, 0.2) is 41.2 Å². The molecule has 6 fully saturated rings. The van der Waals surface area contributed by atoms with Crippen LogP contribution in [0.3, 0.4) is 0 Å². The molecule has 0 radical (unpaired) electrons. The standard InChI is InChI=1S/C32H38FN5O2/c1-21-34-15-23(16-35-21)22-6-5-7-24(14-22)38(27(39)31-17-32(33,18-31)19-31)20-29-8-11-30(12-9-29,13-10-29)25-36-26(40-37-25)28(2,3)4/h5-7,14-16H,8-13,17-20H2,1-4H3. The minimum atomic E-state index is -1.12. The Hall–Kier alpha value is -3.16. The fourth-order valence-corrected chi connectivity index (χ4v) is 7.77. The van der Waals surface area contributed by atoms with Gasteiger partial charge in [0.05, 0.1) is 5.41 Å². The number of anilines is 1. The van der Waals surface area contributed by atoms with E-state index in [4.69, 9.17) is 9.51 Å². The monoisotopic (exact) mass is 543 g/mol. The van der Waals surface area contributed by atoms with Crippen LogP contribution in [0.5, 0.6) is 0 Å². The molecule has 3 aromatic rings. The summed E-state index contributed by atoms with van der Waals surface area (Å²) in [7, 11) is 0. The first-order valence-electron chi connectivity index (χ1n) is 14.7. The lowest BCUT2D eigenvalue weighted by Gasteiger charge is -2.65. The van der Waals surface area contributed by atoms with Crippen molar-refractivity contribution in [3.8, 4) is 11.1 Å². The molecule has 7 nitrogen and oxygen atoms in total. The highest BCUT2D eigenvalue weighted by Crippen LogP contribution is 2.70. The third-order valence-electron chi connectivity index (χ3n) is 10.4. The Kier molecular flexibility index (Phi) is 5.43. The van der Waals surface area contributed by atoms with E-state index >= 15 is 0 Å². The van der Waals surface area contributed by atoms with Crippen LogP contribution in [0.2, 0.25) is 0 Å². The number of hydrogen-bond donors (Lipinski definition) is 0. The van der Waals surface area contributed by atoms with E-state index in [1.807, 2.05) is 42.4 Å². The van der Waals surface area contributed by atoms with Crippen LogP contribution in [0.4, 0.5) is 10.1 Å². The van der Waals surface area contributed by atoms with Crippen LogP contribution in [0.1, 0.15) is 96.1 Å². The average molecular weight is 544 g/mol. The first kappa shape index (κ1) is 25.8. The van der Waals surface area contributed by atoms with Gasteiger partial charge < -0.3 is 9.42 Å². The lowest BCUT2D eigenvalue weighted by atomic mass is 9.41. The summed E-state index contributed by atoms with van der Waals surface area (Å²) in [5.74, 6) is 2.36. The number of fused-ring (bicyclic) bond motifs is 3. The predicted octanol–water partition coefficient (Wildman–Crippen LogP) is 6.65. The molecule has 2 aromatic heterocycles. The van der Waals surface area contributed by atoms with E-state index in [0.717, 1.165) is 67.0 Å². The molecule has 1 amide bonds. The van der Waals surface area contributed by atoms with Gasteiger partial charge in [-0.3, -0.25) is 4.79 Å². The average Bonchev–Trinajstić information content (AvgIpc) is 3.43. The molecule has 0 spiro atoms. The molecule has 6 aliphatic carbocycles. The van der Waals surface area contributed by atoms with E-state index in [1.165, 1.54) is 0 Å². The maximum atomic E-state index is 14.5. The molecule has 9 rings (SSSR count). The van der Waals surface area contributed by atoms with Crippen molar-refractivity contribution in [3.05, 3.63) is 54.2 Å². The number of amides is 1. The molecule has 4 bridgehead atoms. The van der Waals surface area contributed by atoms with Crippen molar-refractivity contribution < 1.29 is 13.7 Å². The van der Waals surface area contributed by atoms with Crippen LogP contribution in [0.25, 0.3) is 11.1 Å². The topological polar surface area (TPSA) is 85.0 Å². The van der Waals surface area contributed by atoms with E-state index in [0.29, 0.717) is 31.7 Å². The normalized spacial score (nSPS) is 32.3. The fraction of sp³-hybridized carbons (Fsp3) is 0.594. The lowest BCUT2D eigenvalue weighted by Crippen LogP contribution is -2.71. The number of halogens is 1. The highest BCUT2D eigenvalue weighted by atomic mass is 19.1. The van der Waals surface area contributed by atoms with E-state index in [9.17, 15) is 9.18 Å². The summed E-state index contributed by atoms with van der Waals surface area (Å²) >= 11 is 0. The van der Waals surface area contributed by atoms with Gasteiger partial charge in [-0.1, -0.05) is 38.1 Å². The van der Waals surface area contributed by atoms with Gasteiger partial charge in [0.15, 0.2) is 5.82 Å². The second kappa shape index (κ2) is 8.43. The molecule has 0 atom stereocenters. The number of rotatable bonds is 6. The van der Waals surface area contributed by atoms with Gasteiger partial charge in [0.25, 0.3) is 0 Å². The second-order valence-corrected chi connectivity index (χ2v) is 14.4. The molecular weight excluding hydrogens is 505 g/mol. The minimum Gasteiger partial charge on any atom is -0.339 e. The van der Waals surface area contributed by atoms with Crippen molar-refractivity contribution in [2.75, 3.05) is 11.4 Å². The zero-order valence-corrected chi connectivity index (χ0v) is 24.0. The summed E-state index contributed by atoms with van der Waals surface area (Å²) < 4.78 is 20.2. The molecule has 8 heteroatoms. The number of alkyl halides is 1. The second-order valence-electron chi connectivity index (χ2n) is 14.4. The summed E-state index contributed by atoms with van der Waals surface area (Å²) in [6.45, 7) is 8.82. The van der Waals surface area contributed by atoms with E-state index in [-0.39, 0.29) is 22.2 Å². The van der Waals surface area contributed by atoms with Gasteiger partial charge in [-0.25, -0.2) is 14.4 Å². The Morgan fingerprint density at radius 3 is 2.23 bits per heavy atom. The molecule has 2 heterocycles. The van der Waals surface area contributed by atoms with Crippen molar-refractivity contribution in [2.24, 2.45) is 10.8 Å². The molecule has 0 unspecified atom stereocenters. The first-order valence-corrected chi connectivity index (χ1v) is 14.7. The molecule has 0 aliphatic heterocycles. The lowest BCUT2D eigenvalue weighted by molar-refractivity contribution is -0.211. The first-order chi connectivity index (χ1) is 18.9. The van der Waals surface area contributed by atoms with E-state index in [1.54, 1.807) is 0 Å². The quantitative estimate of drug-likeness (QED) is 0.346. The van der Waals surface area contributed by atoms with Gasteiger partial charge in [-0.15, -0.1) is 0 Å². The van der Waals surface area contributed by atoms with E-state index < -0.39 is 11.1 Å². The molecule has 6 saturated carbocycles. The van der Waals surface area contributed by atoms with Gasteiger partial charge in [0.2, 0.25) is 11.8 Å². The van der Waals surface area contributed by atoms with Crippen LogP contribution < -0.4 is 4.90 Å². The Balaban J connectivity index is 1.16. The summed E-state index contributed by atoms with van der Waals surface area (Å²) in [5, 5.41) is 4.44. The van der Waals surface area contributed by atoms with Crippen molar-refractivity contribution in [2.45, 2.75) is 102 Å². The number of carbonyl (C=O) groups is 1. The van der Waals surface area contributed by atoms with Gasteiger partial charge in [-0.2, -0.15) is 4.98 Å². The molecule has 0 saturated heterocycles. The van der Waals surface area contributed by atoms with Crippen LogP contribution in [0, 0.1) is 17.8 Å². The maximum Gasteiger partial charge on any atom is 0.233 e. The fourth-order valence-electron chi connectivity index (χ4n) is 7.77. The van der Waals surface area contributed by atoms with Crippen molar-refractivity contribution in [1.29, 1.82) is 0 Å². The van der Waals surface area contributed by atoms with Crippen LogP contribution in [-0.2, 0) is 15.6 Å². The number of benzene rings is 1. The number of hydrogen-bond acceptors (Lipinski definition) is 6. The molecule has 6 aliphatic rings. The smallest absolute Gasteiger partial charge is 0.233 e. The SMILES string of the molecule is Cc1ncc(-c2cccc(N(CC34CCC(c5noc(C(C)(C)C)n5)(CC3)CC4)C(=O)C34CC(F)(C3)C4)c2)cn1.